The first-order valence-electron chi connectivity index (χ1n) is 8.56. The van der Waals surface area contributed by atoms with Crippen molar-refractivity contribution < 1.29 is 14.6 Å². The van der Waals surface area contributed by atoms with Crippen molar-refractivity contribution in [2.75, 3.05) is 27.3 Å². The molecular formula is C19H25NO3. The Hall–Kier alpha value is -1.52. The third-order valence-electron chi connectivity index (χ3n) is 5.93. The Balaban J connectivity index is 1.93. The molecule has 0 amide bonds. The van der Waals surface area contributed by atoms with Crippen LogP contribution >= 0.6 is 0 Å². The molecule has 4 rings (SSSR count). The van der Waals surface area contributed by atoms with Gasteiger partial charge in [0, 0.05) is 20.1 Å². The predicted octanol–water partition coefficient (Wildman–Crippen LogP) is 2.98. The summed E-state index contributed by atoms with van der Waals surface area (Å²) in [7, 11) is 3.44. The highest BCUT2D eigenvalue weighted by molar-refractivity contribution is 5.54. The minimum absolute atomic E-state index is 0.0638. The van der Waals surface area contributed by atoms with E-state index in [1.54, 1.807) is 7.11 Å². The van der Waals surface area contributed by atoms with E-state index in [2.05, 4.69) is 17.0 Å². The first-order chi connectivity index (χ1) is 11.2. The minimum Gasteiger partial charge on any atom is -0.504 e. The molecular weight excluding hydrogens is 290 g/mol. The maximum absolute atomic E-state index is 10.2. The zero-order chi connectivity index (χ0) is 16.0. The summed E-state index contributed by atoms with van der Waals surface area (Å²) >= 11 is 0. The molecule has 0 radical (unpaired) electrons. The highest BCUT2D eigenvalue weighted by atomic mass is 16.5. The number of rotatable bonds is 2. The first-order valence-corrected chi connectivity index (χ1v) is 8.56. The average Bonchev–Trinajstić information content (AvgIpc) is 2.87. The topological polar surface area (TPSA) is 41.9 Å². The van der Waals surface area contributed by atoms with Gasteiger partial charge >= 0.3 is 0 Å². The van der Waals surface area contributed by atoms with Crippen LogP contribution in [0.25, 0.3) is 0 Å². The average molecular weight is 315 g/mol. The van der Waals surface area contributed by atoms with Crippen molar-refractivity contribution in [3.05, 3.63) is 34.9 Å². The number of hydrogen-bond donors (Lipinski definition) is 1. The summed E-state index contributed by atoms with van der Waals surface area (Å²) in [5, 5.41) is 10.2. The smallest absolute Gasteiger partial charge is 0.160 e. The van der Waals surface area contributed by atoms with Crippen LogP contribution in [0.2, 0.25) is 0 Å². The lowest BCUT2D eigenvalue weighted by atomic mass is 9.73. The van der Waals surface area contributed by atoms with Crippen LogP contribution in [0, 0.1) is 0 Å². The van der Waals surface area contributed by atoms with E-state index < -0.39 is 0 Å². The van der Waals surface area contributed by atoms with Crippen molar-refractivity contribution in [3.63, 3.8) is 0 Å². The molecule has 2 aliphatic heterocycles. The van der Waals surface area contributed by atoms with E-state index in [0.717, 1.165) is 45.2 Å². The third kappa shape index (κ3) is 2.12. The molecule has 1 aromatic carbocycles. The Morgan fingerprint density at radius 2 is 2.09 bits per heavy atom. The predicted molar refractivity (Wildman–Crippen MR) is 89.0 cm³/mol. The number of aryl methyl sites for hydroxylation is 1. The first kappa shape index (κ1) is 15.0. The van der Waals surface area contributed by atoms with Gasteiger partial charge in [-0.3, -0.25) is 4.90 Å². The van der Waals surface area contributed by atoms with Gasteiger partial charge in [0.25, 0.3) is 0 Å². The Bertz CT molecular complexity index is 654. The van der Waals surface area contributed by atoms with Gasteiger partial charge in [-0.2, -0.15) is 0 Å². The van der Waals surface area contributed by atoms with Crippen LogP contribution in [0.3, 0.4) is 0 Å². The standard InChI is InChI=1S/C19H25NO3/c1-22-15-6-5-14-7-9-20-8-3-4-13-10-17(21)18(23-2)11-16(13)19(14,20)12-15/h5,10-11,15,21H,3-4,6-9,12H2,1-2H3. The van der Waals surface area contributed by atoms with Crippen LogP contribution in [-0.2, 0) is 16.7 Å². The Morgan fingerprint density at radius 1 is 1.22 bits per heavy atom. The molecule has 124 valence electrons. The third-order valence-corrected chi connectivity index (χ3v) is 5.93. The Morgan fingerprint density at radius 3 is 2.87 bits per heavy atom. The van der Waals surface area contributed by atoms with Gasteiger partial charge in [-0.15, -0.1) is 0 Å². The van der Waals surface area contributed by atoms with Gasteiger partial charge in [-0.1, -0.05) is 6.08 Å². The molecule has 4 nitrogen and oxygen atoms in total. The highest BCUT2D eigenvalue weighted by Gasteiger charge is 2.51. The van der Waals surface area contributed by atoms with Crippen LogP contribution < -0.4 is 4.74 Å². The lowest BCUT2D eigenvalue weighted by Gasteiger charge is -2.44. The monoisotopic (exact) mass is 315 g/mol. The quantitative estimate of drug-likeness (QED) is 0.852. The van der Waals surface area contributed by atoms with E-state index in [-0.39, 0.29) is 17.4 Å². The van der Waals surface area contributed by atoms with Gasteiger partial charge in [-0.25, -0.2) is 0 Å². The van der Waals surface area contributed by atoms with Gasteiger partial charge in [0.05, 0.1) is 18.8 Å². The van der Waals surface area contributed by atoms with Crippen LogP contribution in [0.5, 0.6) is 11.5 Å². The summed E-state index contributed by atoms with van der Waals surface area (Å²) in [6.45, 7) is 2.22. The van der Waals surface area contributed by atoms with E-state index in [1.165, 1.54) is 16.7 Å². The molecule has 1 spiro atoms. The largest absolute Gasteiger partial charge is 0.504 e. The van der Waals surface area contributed by atoms with E-state index in [1.807, 2.05) is 13.2 Å². The fourth-order valence-corrected chi connectivity index (χ4v) is 4.84. The van der Waals surface area contributed by atoms with Crippen molar-refractivity contribution >= 4 is 0 Å². The molecule has 2 heterocycles. The maximum atomic E-state index is 10.2. The molecule has 1 fully saturated rings. The molecule has 1 aromatic rings. The summed E-state index contributed by atoms with van der Waals surface area (Å²) < 4.78 is 11.1. The number of phenols is 1. The van der Waals surface area contributed by atoms with Gasteiger partial charge in [-0.05, 0) is 61.1 Å². The molecule has 2 atom stereocenters. The van der Waals surface area contributed by atoms with Crippen LogP contribution in [0.15, 0.2) is 23.8 Å². The van der Waals surface area contributed by atoms with Gasteiger partial charge < -0.3 is 14.6 Å². The molecule has 0 aromatic heterocycles. The molecule has 1 N–H and O–H groups in total. The second-order valence-corrected chi connectivity index (χ2v) is 6.91. The van der Waals surface area contributed by atoms with Crippen LogP contribution in [0.1, 0.15) is 36.8 Å². The molecule has 0 bridgehead atoms. The number of ether oxygens (including phenoxy) is 2. The van der Waals surface area contributed by atoms with E-state index >= 15 is 0 Å². The molecule has 1 aliphatic carbocycles. The van der Waals surface area contributed by atoms with Gasteiger partial charge in [0.1, 0.15) is 0 Å². The molecule has 4 heteroatoms. The van der Waals surface area contributed by atoms with Gasteiger partial charge in [0.15, 0.2) is 11.5 Å². The molecule has 3 aliphatic rings. The van der Waals surface area contributed by atoms with E-state index in [4.69, 9.17) is 9.47 Å². The summed E-state index contributed by atoms with van der Waals surface area (Å²) in [5.41, 5.74) is 4.04. The summed E-state index contributed by atoms with van der Waals surface area (Å²) in [4.78, 5) is 2.63. The van der Waals surface area contributed by atoms with Crippen LogP contribution in [-0.4, -0.2) is 43.4 Å². The summed E-state index contributed by atoms with van der Waals surface area (Å²) in [6, 6.07) is 3.99. The lowest BCUT2D eigenvalue weighted by Crippen LogP contribution is -2.46. The molecule has 0 saturated carbocycles. The zero-order valence-electron chi connectivity index (χ0n) is 14.0. The van der Waals surface area contributed by atoms with Crippen molar-refractivity contribution in [1.29, 1.82) is 0 Å². The summed E-state index contributed by atoms with van der Waals surface area (Å²) in [5.74, 6) is 0.824. The zero-order valence-corrected chi connectivity index (χ0v) is 14.0. The van der Waals surface area contributed by atoms with Crippen LogP contribution in [0.4, 0.5) is 0 Å². The van der Waals surface area contributed by atoms with Crippen molar-refractivity contribution in [2.24, 2.45) is 0 Å². The number of benzene rings is 1. The number of hydrogen-bond acceptors (Lipinski definition) is 4. The number of fused-ring (bicyclic) bond motifs is 1. The fourth-order valence-electron chi connectivity index (χ4n) is 4.84. The number of phenolic OH excluding ortho intramolecular Hbond substituents is 1. The number of methoxy groups -OCH3 is 2. The Kier molecular flexibility index (Phi) is 3.62. The van der Waals surface area contributed by atoms with Crippen molar-refractivity contribution in [3.8, 4) is 11.5 Å². The van der Waals surface area contributed by atoms with Crippen molar-refractivity contribution in [2.45, 2.75) is 43.7 Å². The minimum atomic E-state index is -0.0638. The number of nitrogens with zero attached hydrogens (tertiary/aromatic N) is 1. The maximum Gasteiger partial charge on any atom is 0.160 e. The fraction of sp³-hybridized carbons (Fsp3) is 0.579. The second-order valence-electron chi connectivity index (χ2n) is 6.91. The molecule has 1 saturated heterocycles. The second kappa shape index (κ2) is 5.53. The van der Waals surface area contributed by atoms with E-state index in [0.29, 0.717) is 5.75 Å². The lowest BCUT2D eigenvalue weighted by molar-refractivity contribution is 0.0346. The summed E-state index contributed by atoms with van der Waals surface area (Å²) in [6.07, 6.45) is 7.93. The Labute approximate surface area is 137 Å². The van der Waals surface area contributed by atoms with Crippen molar-refractivity contribution in [1.82, 2.24) is 4.90 Å². The highest BCUT2D eigenvalue weighted by Crippen LogP contribution is 2.53. The molecule has 2 unspecified atom stereocenters. The SMILES string of the molecule is COc1cc2c(cc1O)CCCN1CCC3=CCC(OC)CC321. The normalized spacial score (nSPS) is 30.0. The number of aromatic hydroxyl groups is 1. The van der Waals surface area contributed by atoms with E-state index in [9.17, 15) is 5.11 Å². The molecule has 23 heavy (non-hydrogen) atoms. The van der Waals surface area contributed by atoms with Gasteiger partial charge in [0.2, 0.25) is 0 Å².